The molecular weight excluding hydrogens is 384 g/mol. The first kappa shape index (κ1) is 16.2. The van der Waals surface area contributed by atoms with E-state index in [0.717, 1.165) is 10.0 Å². The van der Waals surface area contributed by atoms with E-state index < -0.39 is 0 Å². The van der Waals surface area contributed by atoms with Gasteiger partial charge in [-0.1, -0.05) is 15.9 Å². The van der Waals surface area contributed by atoms with E-state index in [1.165, 1.54) is 11.3 Å². The molecule has 3 N–H and O–H groups in total. The number of hydrazone groups is 1. The van der Waals surface area contributed by atoms with Crippen LogP contribution in [0.25, 0.3) is 0 Å². The lowest BCUT2D eigenvalue weighted by molar-refractivity contribution is -0.0684. The van der Waals surface area contributed by atoms with E-state index in [1.807, 2.05) is 18.2 Å². The monoisotopic (exact) mass is 398 g/mol. The highest BCUT2D eigenvalue weighted by Gasteiger charge is 2.17. The Morgan fingerprint density at radius 3 is 3.04 bits per heavy atom. The lowest BCUT2D eigenvalue weighted by Gasteiger charge is -2.13. The van der Waals surface area contributed by atoms with Gasteiger partial charge in [0.15, 0.2) is 6.29 Å². The minimum absolute atomic E-state index is 0.320. The summed E-state index contributed by atoms with van der Waals surface area (Å²) in [7, 11) is 0. The largest absolute Gasteiger partial charge is 0.488 e. The van der Waals surface area contributed by atoms with E-state index >= 15 is 0 Å². The van der Waals surface area contributed by atoms with Crippen molar-refractivity contribution in [3.05, 3.63) is 33.6 Å². The van der Waals surface area contributed by atoms with E-state index in [2.05, 4.69) is 31.4 Å². The summed E-state index contributed by atoms with van der Waals surface area (Å²) in [4.78, 5) is 4.07. The van der Waals surface area contributed by atoms with Gasteiger partial charge in [0, 0.05) is 15.4 Å². The molecule has 0 bridgehead atoms. The molecule has 1 saturated heterocycles. The maximum absolute atomic E-state index is 5.76. The summed E-state index contributed by atoms with van der Waals surface area (Å²) in [6.45, 7) is 1.53. The summed E-state index contributed by atoms with van der Waals surface area (Å²) in [6, 6.07) is 5.67. The second kappa shape index (κ2) is 7.73. The molecule has 0 spiro atoms. The molecule has 9 heteroatoms. The second-order valence-corrected chi connectivity index (χ2v) is 6.39. The zero-order valence-corrected chi connectivity index (χ0v) is 14.5. The molecule has 3 rings (SSSR count). The number of thiazole rings is 1. The fraction of sp³-hybridized carbons (Fsp3) is 0.286. The van der Waals surface area contributed by atoms with E-state index in [0.29, 0.717) is 36.5 Å². The molecule has 0 atom stereocenters. The van der Waals surface area contributed by atoms with Crippen molar-refractivity contribution in [2.45, 2.75) is 6.29 Å². The van der Waals surface area contributed by atoms with Crippen LogP contribution in [0.2, 0.25) is 0 Å². The number of nitrogens with two attached hydrogens (primary N) is 1. The molecular formula is C14H15BrN4O3S. The van der Waals surface area contributed by atoms with Gasteiger partial charge >= 0.3 is 0 Å². The zero-order chi connectivity index (χ0) is 16.1. The lowest BCUT2D eigenvalue weighted by Crippen LogP contribution is -2.18. The van der Waals surface area contributed by atoms with Crippen molar-refractivity contribution in [2.24, 2.45) is 5.10 Å². The van der Waals surface area contributed by atoms with Crippen molar-refractivity contribution < 1.29 is 14.2 Å². The first-order chi connectivity index (χ1) is 11.2. The van der Waals surface area contributed by atoms with Crippen LogP contribution in [0.5, 0.6) is 5.75 Å². The van der Waals surface area contributed by atoms with Crippen molar-refractivity contribution in [2.75, 3.05) is 31.0 Å². The molecule has 2 heterocycles. The van der Waals surface area contributed by atoms with Gasteiger partial charge in [-0.25, -0.2) is 4.98 Å². The van der Waals surface area contributed by atoms with Gasteiger partial charge in [-0.3, -0.25) is 5.43 Å². The molecule has 2 aromatic rings. The number of nitrogens with one attached hydrogen (secondary N) is 1. The quantitative estimate of drug-likeness (QED) is 0.574. The highest BCUT2D eigenvalue weighted by atomic mass is 79.9. The standard InChI is InChI=1S/C14H15BrN4O3S/c15-10-1-2-11(22-7-13-20-3-4-21-13)9(5-10)6-17-19-14-18-12(16)8-23-14/h1-2,5-6,8,13H,3-4,7,16H2,(H,18,19). The molecule has 23 heavy (non-hydrogen) atoms. The van der Waals surface area contributed by atoms with Gasteiger partial charge in [0.05, 0.1) is 19.4 Å². The minimum atomic E-state index is -0.320. The predicted molar refractivity (Wildman–Crippen MR) is 93.1 cm³/mol. The van der Waals surface area contributed by atoms with E-state index in [1.54, 1.807) is 11.6 Å². The van der Waals surface area contributed by atoms with Gasteiger partial charge in [-0.2, -0.15) is 5.10 Å². The summed E-state index contributed by atoms with van der Waals surface area (Å²) in [6.07, 6.45) is 1.34. The van der Waals surface area contributed by atoms with Crippen molar-refractivity contribution >= 4 is 44.4 Å². The molecule has 122 valence electrons. The fourth-order valence-corrected chi connectivity index (χ4v) is 2.83. The number of ether oxygens (including phenoxy) is 3. The molecule has 1 aliphatic heterocycles. The van der Waals surface area contributed by atoms with Crippen molar-refractivity contribution in [1.29, 1.82) is 0 Å². The molecule has 1 aliphatic rings. The van der Waals surface area contributed by atoms with Crippen LogP contribution in [0.15, 0.2) is 33.2 Å². The molecule has 0 aliphatic carbocycles. The highest BCUT2D eigenvalue weighted by Crippen LogP contribution is 2.23. The fourth-order valence-electron chi connectivity index (χ4n) is 1.91. The maximum Gasteiger partial charge on any atom is 0.205 e. The number of nitrogen functional groups attached to an aromatic ring is 1. The minimum Gasteiger partial charge on any atom is -0.488 e. The van der Waals surface area contributed by atoms with Gasteiger partial charge < -0.3 is 19.9 Å². The number of benzene rings is 1. The van der Waals surface area contributed by atoms with Crippen LogP contribution in [0, 0.1) is 0 Å². The Balaban J connectivity index is 1.65. The average molecular weight is 399 g/mol. The smallest absolute Gasteiger partial charge is 0.205 e. The Kier molecular flexibility index (Phi) is 5.44. The van der Waals surface area contributed by atoms with Crippen LogP contribution in [0.3, 0.4) is 0 Å². The van der Waals surface area contributed by atoms with Gasteiger partial charge in [0.2, 0.25) is 5.13 Å². The van der Waals surface area contributed by atoms with E-state index in [4.69, 9.17) is 19.9 Å². The van der Waals surface area contributed by atoms with E-state index in [-0.39, 0.29) is 6.29 Å². The molecule has 0 unspecified atom stereocenters. The number of rotatable bonds is 6. The van der Waals surface area contributed by atoms with Gasteiger partial charge in [0.25, 0.3) is 0 Å². The summed E-state index contributed by atoms with van der Waals surface area (Å²) in [5.74, 6) is 1.16. The summed E-state index contributed by atoms with van der Waals surface area (Å²) >= 11 is 4.82. The molecule has 1 aromatic carbocycles. The molecule has 1 aromatic heterocycles. The number of anilines is 2. The van der Waals surface area contributed by atoms with Gasteiger partial charge in [0.1, 0.15) is 18.2 Å². The third-order valence-corrected chi connectivity index (χ3v) is 4.18. The average Bonchev–Trinajstić information content (AvgIpc) is 3.18. The third kappa shape index (κ3) is 4.64. The number of nitrogens with zero attached hydrogens (tertiary/aromatic N) is 2. The Bertz CT molecular complexity index is 688. The van der Waals surface area contributed by atoms with Gasteiger partial charge in [-0.05, 0) is 18.2 Å². The molecule has 0 radical (unpaired) electrons. The SMILES string of the molecule is Nc1csc(NN=Cc2cc(Br)ccc2OCC2OCCO2)n1. The van der Waals surface area contributed by atoms with E-state index in [9.17, 15) is 0 Å². The highest BCUT2D eigenvalue weighted by molar-refractivity contribution is 9.10. The first-order valence-electron chi connectivity index (χ1n) is 6.86. The van der Waals surface area contributed by atoms with Crippen molar-refractivity contribution in [1.82, 2.24) is 4.98 Å². The summed E-state index contributed by atoms with van der Waals surface area (Å²) in [5.41, 5.74) is 9.21. The first-order valence-corrected chi connectivity index (χ1v) is 8.53. The van der Waals surface area contributed by atoms with Crippen LogP contribution in [-0.2, 0) is 9.47 Å². The Labute approximate surface area is 145 Å². The second-order valence-electron chi connectivity index (χ2n) is 4.61. The number of aromatic nitrogens is 1. The van der Waals surface area contributed by atoms with Crippen LogP contribution < -0.4 is 15.9 Å². The summed E-state index contributed by atoms with van der Waals surface area (Å²) < 4.78 is 17.4. The van der Waals surface area contributed by atoms with Crippen molar-refractivity contribution in [3.63, 3.8) is 0 Å². The maximum atomic E-state index is 5.76. The predicted octanol–water partition coefficient (Wildman–Crippen LogP) is 2.69. The Morgan fingerprint density at radius 2 is 2.30 bits per heavy atom. The van der Waals surface area contributed by atoms with Crippen LogP contribution in [-0.4, -0.2) is 37.3 Å². The zero-order valence-electron chi connectivity index (χ0n) is 12.1. The Hall–Kier alpha value is -1.68. The molecule has 0 amide bonds. The number of hydrogen-bond acceptors (Lipinski definition) is 8. The lowest BCUT2D eigenvalue weighted by atomic mass is 10.2. The van der Waals surface area contributed by atoms with Crippen LogP contribution >= 0.6 is 27.3 Å². The van der Waals surface area contributed by atoms with Crippen LogP contribution in [0.4, 0.5) is 10.9 Å². The van der Waals surface area contributed by atoms with Gasteiger partial charge in [-0.15, -0.1) is 11.3 Å². The number of halogens is 1. The van der Waals surface area contributed by atoms with Crippen LogP contribution in [0.1, 0.15) is 5.56 Å². The topological polar surface area (TPSA) is 91.0 Å². The normalized spacial score (nSPS) is 15.3. The molecule has 0 saturated carbocycles. The molecule has 1 fully saturated rings. The number of hydrogen-bond donors (Lipinski definition) is 2. The Morgan fingerprint density at radius 1 is 1.48 bits per heavy atom. The van der Waals surface area contributed by atoms with Crippen molar-refractivity contribution in [3.8, 4) is 5.75 Å². The third-order valence-electron chi connectivity index (χ3n) is 2.92. The summed E-state index contributed by atoms with van der Waals surface area (Å²) in [5, 5.41) is 6.53. The molecule has 7 nitrogen and oxygen atoms in total.